The molecule has 2 aliphatic rings. The zero-order chi connectivity index (χ0) is 21.7. The fraction of sp³-hybridized carbons (Fsp3) is 0.579. The number of carbonyl (C=O) groups is 2. The van der Waals surface area contributed by atoms with Crippen LogP contribution in [0.2, 0.25) is 0 Å². The van der Waals surface area contributed by atoms with Crippen LogP contribution in [0.25, 0.3) is 0 Å². The Bertz CT molecular complexity index is 883. The highest BCUT2D eigenvalue weighted by Crippen LogP contribution is 2.30. The Labute approximate surface area is 181 Å². The number of nitrogens with zero attached hydrogens (tertiary/aromatic N) is 3. The minimum absolute atomic E-state index is 0.0516. The molecule has 0 atom stereocenters. The van der Waals surface area contributed by atoms with E-state index in [1.54, 1.807) is 12.1 Å². The number of nitrogens with one attached hydrogen (secondary N) is 1. The third-order valence-corrected chi connectivity index (χ3v) is 7.95. The van der Waals surface area contributed by atoms with E-state index < -0.39 is 10.0 Å². The summed E-state index contributed by atoms with van der Waals surface area (Å²) < 4.78 is 32.8. The van der Waals surface area contributed by atoms with Crippen molar-refractivity contribution in [2.24, 2.45) is 0 Å². The van der Waals surface area contributed by atoms with Crippen molar-refractivity contribution in [3.05, 3.63) is 18.2 Å². The Morgan fingerprint density at radius 3 is 2.53 bits per heavy atom. The van der Waals surface area contributed by atoms with Gasteiger partial charge in [-0.05, 0) is 32.0 Å². The Morgan fingerprint density at radius 1 is 1.23 bits per heavy atom. The fourth-order valence-electron chi connectivity index (χ4n) is 3.46. The van der Waals surface area contributed by atoms with Gasteiger partial charge in [0.2, 0.25) is 21.8 Å². The summed E-state index contributed by atoms with van der Waals surface area (Å²) in [7, 11) is -3.69. The summed E-state index contributed by atoms with van der Waals surface area (Å²) in [4.78, 5) is 28.1. The second kappa shape index (κ2) is 9.99. The number of hydrogen-bond donors (Lipinski definition) is 1. The van der Waals surface area contributed by atoms with Crippen molar-refractivity contribution in [2.75, 3.05) is 67.8 Å². The third kappa shape index (κ3) is 5.08. The first kappa shape index (κ1) is 22.9. The van der Waals surface area contributed by atoms with E-state index in [1.807, 2.05) is 18.7 Å². The lowest BCUT2D eigenvalue weighted by molar-refractivity contribution is -0.130. The van der Waals surface area contributed by atoms with Crippen LogP contribution < -0.4 is 10.2 Å². The van der Waals surface area contributed by atoms with Gasteiger partial charge < -0.3 is 19.9 Å². The van der Waals surface area contributed by atoms with Gasteiger partial charge >= 0.3 is 0 Å². The van der Waals surface area contributed by atoms with E-state index in [1.165, 1.54) is 27.0 Å². The molecular formula is C19H28N4O5S2. The van der Waals surface area contributed by atoms with Crippen LogP contribution in [0, 0.1) is 0 Å². The predicted octanol–water partition coefficient (Wildman–Crippen LogP) is 1.03. The summed E-state index contributed by atoms with van der Waals surface area (Å²) in [5, 5.41) is 2.83. The van der Waals surface area contributed by atoms with Gasteiger partial charge in [0.15, 0.2) is 0 Å². The first-order valence-electron chi connectivity index (χ1n) is 9.99. The first-order valence-corrected chi connectivity index (χ1v) is 12.6. The molecule has 0 aliphatic carbocycles. The number of carbonyl (C=O) groups excluding carboxylic acids is 2. The molecule has 0 aromatic heterocycles. The van der Waals surface area contributed by atoms with Crippen LogP contribution in [-0.4, -0.2) is 87.0 Å². The standard InChI is InChI=1S/C19H28N4O5S2/c1-3-21(4-2)17-6-5-15(30(26,27)23-7-9-28-10-8-23)11-16(17)20-18(24)12-22-14-29-13-19(22)25/h5-6,11H,3-4,7-10,12-14H2,1-2H3,(H,20,24). The molecule has 2 amide bonds. The lowest BCUT2D eigenvalue weighted by atomic mass is 10.2. The Balaban J connectivity index is 1.88. The molecule has 2 fully saturated rings. The maximum Gasteiger partial charge on any atom is 0.244 e. The molecule has 1 N–H and O–H groups in total. The van der Waals surface area contributed by atoms with Crippen LogP contribution in [0.1, 0.15) is 13.8 Å². The average Bonchev–Trinajstić information content (AvgIpc) is 3.14. The quantitative estimate of drug-likeness (QED) is 0.624. The number of rotatable bonds is 8. The van der Waals surface area contributed by atoms with Gasteiger partial charge in [-0.1, -0.05) is 0 Å². The number of benzene rings is 1. The van der Waals surface area contributed by atoms with Crippen molar-refractivity contribution >= 4 is 45.0 Å². The molecule has 2 aliphatic heterocycles. The zero-order valence-corrected chi connectivity index (χ0v) is 18.9. The van der Waals surface area contributed by atoms with Crippen molar-refractivity contribution in [3.63, 3.8) is 0 Å². The Morgan fingerprint density at radius 2 is 1.93 bits per heavy atom. The van der Waals surface area contributed by atoms with Gasteiger partial charge in [0.05, 0.1) is 41.1 Å². The second-order valence-electron chi connectivity index (χ2n) is 6.99. The van der Waals surface area contributed by atoms with Crippen LogP contribution in [0.15, 0.2) is 23.1 Å². The topological polar surface area (TPSA) is 99.3 Å². The third-order valence-electron chi connectivity index (χ3n) is 5.11. The van der Waals surface area contributed by atoms with Crippen LogP contribution in [-0.2, 0) is 24.3 Å². The Kier molecular flexibility index (Phi) is 7.61. The highest BCUT2D eigenvalue weighted by molar-refractivity contribution is 8.00. The Hall–Kier alpha value is -1.82. The number of ether oxygens (including phenoxy) is 1. The molecule has 166 valence electrons. The number of morpholine rings is 1. The summed E-state index contributed by atoms with van der Waals surface area (Å²) in [6.45, 7) is 6.68. The smallest absolute Gasteiger partial charge is 0.244 e. The summed E-state index contributed by atoms with van der Waals surface area (Å²) in [6.07, 6.45) is 0. The first-order chi connectivity index (χ1) is 14.4. The molecule has 9 nitrogen and oxygen atoms in total. The summed E-state index contributed by atoms with van der Waals surface area (Å²) in [5.74, 6) is 0.453. The summed E-state index contributed by atoms with van der Waals surface area (Å²) >= 11 is 1.47. The van der Waals surface area contributed by atoms with E-state index in [0.717, 1.165) is 5.69 Å². The zero-order valence-electron chi connectivity index (χ0n) is 17.3. The molecule has 0 spiro atoms. The molecular weight excluding hydrogens is 428 g/mol. The van der Waals surface area contributed by atoms with E-state index in [4.69, 9.17) is 4.74 Å². The summed E-state index contributed by atoms with van der Waals surface area (Å²) in [6, 6.07) is 4.82. The molecule has 0 radical (unpaired) electrons. The number of amides is 2. The molecule has 11 heteroatoms. The molecule has 2 heterocycles. The molecule has 2 saturated heterocycles. The maximum absolute atomic E-state index is 13.1. The lowest BCUT2D eigenvalue weighted by Crippen LogP contribution is -2.40. The van der Waals surface area contributed by atoms with Gasteiger partial charge in [-0.25, -0.2) is 8.42 Å². The van der Waals surface area contributed by atoms with Crippen LogP contribution >= 0.6 is 11.8 Å². The molecule has 1 aromatic rings. The van der Waals surface area contributed by atoms with Crippen LogP contribution in [0.5, 0.6) is 0 Å². The van der Waals surface area contributed by atoms with E-state index in [-0.39, 0.29) is 23.3 Å². The lowest BCUT2D eigenvalue weighted by Gasteiger charge is -2.28. The molecule has 0 bridgehead atoms. The number of thioether (sulfide) groups is 1. The fourth-order valence-corrected chi connectivity index (χ4v) is 5.79. The SMILES string of the molecule is CCN(CC)c1ccc(S(=O)(=O)N2CCOCC2)cc1NC(=O)CN1CSCC1=O. The maximum atomic E-state index is 13.1. The van der Waals surface area contributed by atoms with Gasteiger partial charge in [-0.2, -0.15) is 4.31 Å². The molecule has 0 unspecified atom stereocenters. The van der Waals surface area contributed by atoms with Crippen molar-refractivity contribution in [2.45, 2.75) is 18.7 Å². The van der Waals surface area contributed by atoms with Gasteiger partial charge in [0.25, 0.3) is 0 Å². The van der Waals surface area contributed by atoms with E-state index in [2.05, 4.69) is 5.32 Å². The van der Waals surface area contributed by atoms with Crippen molar-refractivity contribution < 1.29 is 22.7 Å². The second-order valence-corrected chi connectivity index (χ2v) is 9.88. The number of anilines is 2. The van der Waals surface area contributed by atoms with E-state index in [0.29, 0.717) is 56.7 Å². The van der Waals surface area contributed by atoms with Crippen LogP contribution in [0.4, 0.5) is 11.4 Å². The predicted molar refractivity (Wildman–Crippen MR) is 117 cm³/mol. The van der Waals surface area contributed by atoms with Crippen LogP contribution in [0.3, 0.4) is 0 Å². The molecule has 30 heavy (non-hydrogen) atoms. The van der Waals surface area contributed by atoms with Gasteiger partial charge in [-0.15, -0.1) is 11.8 Å². The van der Waals surface area contributed by atoms with Crippen molar-refractivity contribution in [1.29, 1.82) is 0 Å². The average molecular weight is 457 g/mol. The molecule has 0 saturated carbocycles. The largest absolute Gasteiger partial charge is 0.379 e. The minimum Gasteiger partial charge on any atom is -0.379 e. The number of sulfonamides is 1. The highest BCUT2D eigenvalue weighted by atomic mass is 32.2. The van der Waals surface area contributed by atoms with Crippen molar-refractivity contribution in [1.82, 2.24) is 9.21 Å². The van der Waals surface area contributed by atoms with Crippen molar-refractivity contribution in [3.8, 4) is 0 Å². The monoisotopic (exact) mass is 456 g/mol. The number of hydrogen-bond acceptors (Lipinski definition) is 7. The molecule has 1 aromatic carbocycles. The molecule has 3 rings (SSSR count). The highest BCUT2D eigenvalue weighted by Gasteiger charge is 2.28. The van der Waals surface area contributed by atoms with Gasteiger partial charge in [-0.3, -0.25) is 9.59 Å². The normalized spacial score (nSPS) is 17.9. The minimum atomic E-state index is -3.69. The van der Waals surface area contributed by atoms with E-state index >= 15 is 0 Å². The van der Waals surface area contributed by atoms with E-state index in [9.17, 15) is 18.0 Å². The van der Waals surface area contributed by atoms with Gasteiger partial charge in [0, 0.05) is 26.2 Å². The summed E-state index contributed by atoms with van der Waals surface area (Å²) in [5.41, 5.74) is 1.17. The van der Waals surface area contributed by atoms with Gasteiger partial charge in [0.1, 0.15) is 6.54 Å².